The molecule has 1 aromatic rings. The summed E-state index contributed by atoms with van der Waals surface area (Å²) in [5.41, 5.74) is 1.34. The average Bonchev–Trinajstić information content (AvgIpc) is 3.24. The first-order valence-electron chi connectivity index (χ1n) is 7.18. The second kappa shape index (κ2) is 9.95. The van der Waals surface area contributed by atoms with Crippen molar-refractivity contribution in [3.05, 3.63) is 29.8 Å². The minimum absolute atomic E-state index is 0.363. The monoisotopic (exact) mass is 250 g/mol. The molecule has 0 radical (unpaired) electrons. The van der Waals surface area contributed by atoms with Crippen LogP contribution in [0.2, 0.25) is 0 Å². The number of ether oxygens (including phenoxy) is 1. The molecule has 1 saturated heterocycles. The number of hydrogen-bond acceptors (Lipinski definition) is 2. The highest BCUT2D eigenvalue weighted by atomic mass is 16.6. The van der Waals surface area contributed by atoms with E-state index in [2.05, 4.69) is 11.7 Å². The summed E-state index contributed by atoms with van der Waals surface area (Å²) >= 11 is 0. The summed E-state index contributed by atoms with van der Waals surface area (Å²) < 4.78 is 4.50. The van der Waals surface area contributed by atoms with E-state index in [0.717, 1.165) is 19.6 Å². The Labute approximate surface area is 111 Å². The van der Waals surface area contributed by atoms with Crippen LogP contribution in [0.1, 0.15) is 51.0 Å². The highest BCUT2D eigenvalue weighted by Crippen LogP contribution is 2.13. The van der Waals surface area contributed by atoms with Crippen LogP contribution >= 0.6 is 0 Å². The van der Waals surface area contributed by atoms with Gasteiger partial charge in [0.1, 0.15) is 5.75 Å². The molecule has 0 amide bonds. The predicted octanol–water partition coefficient (Wildman–Crippen LogP) is 4.31. The summed E-state index contributed by atoms with van der Waals surface area (Å²) in [5, 5.41) is 9.13. The van der Waals surface area contributed by atoms with Crippen molar-refractivity contribution in [3.8, 4) is 5.75 Å². The van der Waals surface area contributed by atoms with Crippen LogP contribution in [0.25, 0.3) is 0 Å². The van der Waals surface area contributed by atoms with Crippen molar-refractivity contribution in [2.24, 2.45) is 0 Å². The van der Waals surface area contributed by atoms with Gasteiger partial charge in [0.15, 0.2) is 0 Å². The van der Waals surface area contributed by atoms with Crippen molar-refractivity contribution < 1.29 is 9.84 Å². The third-order valence-corrected chi connectivity index (χ3v) is 2.96. The number of phenolic OH excluding ortho intramolecular Hbond substituents is 1. The quantitative estimate of drug-likeness (QED) is 0.577. The Balaban J connectivity index is 0.000000468. The van der Waals surface area contributed by atoms with Gasteiger partial charge >= 0.3 is 0 Å². The van der Waals surface area contributed by atoms with E-state index in [0.29, 0.717) is 5.75 Å². The van der Waals surface area contributed by atoms with Crippen molar-refractivity contribution in [2.75, 3.05) is 13.2 Å². The average molecular weight is 250 g/mol. The van der Waals surface area contributed by atoms with Crippen molar-refractivity contribution in [1.29, 1.82) is 0 Å². The van der Waals surface area contributed by atoms with Crippen LogP contribution in [-0.2, 0) is 11.2 Å². The van der Waals surface area contributed by atoms with E-state index in [9.17, 15) is 0 Å². The first-order chi connectivity index (χ1) is 8.83. The molecular weight excluding hydrogens is 224 g/mol. The van der Waals surface area contributed by atoms with Gasteiger partial charge in [-0.1, -0.05) is 51.2 Å². The molecule has 2 nitrogen and oxygen atoms in total. The molecule has 102 valence electrons. The first kappa shape index (κ1) is 15.0. The zero-order valence-corrected chi connectivity index (χ0v) is 11.5. The molecular formula is C16H26O2. The maximum atomic E-state index is 9.13. The summed E-state index contributed by atoms with van der Waals surface area (Å²) in [4.78, 5) is 0. The Morgan fingerprint density at radius 3 is 2.06 bits per heavy atom. The number of unbranched alkanes of at least 4 members (excludes halogenated alkanes) is 5. The van der Waals surface area contributed by atoms with Gasteiger partial charge in [0.05, 0.1) is 13.2 Å². The molecule has 0 bridgehead atoms. The highest BCUT2D eigenvalue weighted by molar-refractivity contribution is 5.25. The van der Waals surface area contributed by atoms with Gasteiger partial charge in [0.2, 0.25) is 0 Å². The van der Waals surface area contributed by atoms with Gasteiger partial charge in [-0.3, -0.25) is 0 Å². The molecule has 0 spiro atoms. The van der Waals surface area contributed by atoms with Crippen molar-refractivity contribution in [3.63, 3.8) is 0 Å². The molecule has 1 aliphatic heterocycles. The van der Waals surface area contributed by atoms with Gasteiger partial charge in [0.25, 0.3) is 0 Å². The predicted molar refractivity (Wildman–Crippen MR) is 76.0 cm³/mol. The van der Waals surface area contributed by atoms with Crippen molar-refractivity contribution >= 4 is 0 Å². The van der Waals surface area contributed by atoms with Crippen molar-refractivity contribution in [1.82, 2.24) is 0 Å². The molecule has 1 heterocycles. The number of rotatable bonds is 7. The third kappa shape index (κ3) is 9.06. The van der Waals surface area contributed by atoms with Crippen LogP contribution in [0.5, 0.6) is 5.75 Å². The number of aromatic hydroxyl groups is 1. The molecule has 0 unspecified atom stereocenters. The van der Waals surface area contributed by atoms with Crippen LogP contribution in [-0.4, -0.2) is 18.3 Å². The van der Waals surface area contributed by atoms with E-state index in [4.69, 9.17) is 5.11 Å². The van der Waals surface area contributed by atoms with Crippen LogP contribution in [0, 0.1) is 0 Å². The second-order valence-corrected chi connectivity index (χ2v) is 4.80. The molecule has 1 N–H and O–H groups in total. The topological polar surface area (TPSA) is 32.8 Å². The molecule has 2 rings (SSSR count). The number of phenols is 1. The SMILES string of the molecule is C1CO1.CCCCCCCCc1ccc(O)cc1. The van der Waals surface area contributed by atoms with Gasteiger partial charge in [0, 0.05) is 0 Å². The zero-order chi connectivity index (χ0) is 13.1. The van der Waals surface area contributed by atoms with E-state index < -0.39 is 0 Å². The number of epoxide rings is 1. The molecule has 0 aromatic heterocycles. The standard InChI is InChI=1S/C14H22O.C2H4O/c1-2-3-4-5-6-7-8-13-9-11-14(15)12-10-13;1-2-3-1/h9-12,15H,2-8H2,1H3;1-2H2. The van der Waals surface area contributed by atoms with Gasteiger partial charge in [-0.15, -0.1) is 0 Å². The lowest BCUT2D eigenvalue weighted by atomic mass is 10.1. The second-order valence-electron chi connectivity index (χ2n) is 4.80. The smallest absolute Gasteiger partial charge is 0.115 e. The molecule has 18 heavy (non-hydrogen) atoms. The number of hydrogen-bond donors (Lipinski definition) is 1. The maximum Gasteiger partial charge on any atom is 0.115 e. The van der Waals surface area contributed by atoms with Gasteiger partial charge in [-0.2, -0.15) is 0 Å². The Hall–Kier alpha value is -1.02. The lowest BCUT2D eigenvalue weighted by Gasteiger charge is -2.02. The van der Waals surface area contributed by atoms with Crippen LogP contribution in [0.3, 0.4) is 0 Å². The van der Waals surface area contributed by atoms with Gasteiger partial charge in [-0.25, -0.2) is 0 Å². The number of aryl methyl sites for hydroxylation is 1. The van der Waals surface area contributed by atoms with Crippen LogP contribution < -0.4 is 0 Å². The minimum atomic E-state index is 0.363. The minimum Gasteiger partial charge on any atom is -0.508 e. The maximum absolute atomic E-state index is 9.13. The van der Waals surface area contributed by atoms with E-state index in [1.807, 2.05) is 12.1 Å². The lowest BCUT2D eigenvalue weighted by molar-refractivity contribution is 0.475. The molecule has 1 fully saturated rings. The molecule has 1 aromatic carbocycles. The normalized spacial score (nSPS) is 12.7. The fourth-order valence-electron chi connectivity index (χ4n) is 1.77. The van der Waals surface area contributed by atoms with E-state index in [1.54, 1.807) is 12.1 Å². The largest absolute Gasteiger partial charge is 0.508 e. The number of benzene rings is 1. The molecule has 1 aliphatic rings. The van der Waals surface area contributed by atoms with E-state index in [1.165, 1.54) is 44.1 Å². The third-order valence-electron chi connectivity index (χ3n) is 2.96. The highest BCUT2D eigenvalue weighted by Gasteiger charge is 1.94. The Bertz CT molecular complexity index is 288. The summed E-state index contributed by atoms with van der Waals surface area (Å²) in [6.45, 7) is 4.25. The van der Waals surface area contributed by atoms with Gasteiger partial charge in [-0.05, 0) is 30.5 Å². The zero-order valence-electron chi connectivity index (χ0n) is 11.5. The molecule has 0 aliphatic carbocycles. The Morgan fingerprint density at radius 2 is 1.50 bits per heavy atom. The fraction of sp³-hybridized carbons (Fsp3) is 0.625. The van der Waals surface area contributed by atoms with Crippen LogP contribution in [0.15, 0.2) is 24.3 Å². The fourth-order valence-corrected chi connectivity index (χ4v) is 1.77. The summed E-state index contributed by atoms with van der Waals surface area (Å²) in [6, 6.07) is 7.57. The summed E-state index contributed by atoms with van der Waals surface area (Å²) in [5.74, 6) is 0.363. The van der Waals surface area contributed by atoms with Crippen LogP contribution in [0.4, 0.5) is 0 Å². The van der Waals surface area contributed by atoms with E-state index in [-0.39, 0.29) is 0 Å². The Kier molecular flexibility index (Phi) is 8.32. The summed E-state index contributed by atoms with van der Waals surface area (Å²) in [6.07, 6.45) is 9.19. The first-order valence-corrected chi connectivity index (χ1v) is 7.18. The molecule has 0 saturated carbocycles. The Morgan fingerprint density at radius 1 is 0.944 bits per heavy atom. The molecule has 0 atom stereocenters. The van der Waals surface area contributed by atoms with Crippen molar-refractivity contribution in [2.45, 2.75) is 51.9 Å². The van der Waals surface area contributed by atoms with Gasteiger partial charge < -0.3 is 9.84 Å². The molecule has 2 heteroatoms. The lowest BCUT2D eigenvalue weighted by Crippen LogP contribution is -1.85. The van der Waals surface area contributed by atoms with E-state index >= 15 is 0 Å². The summed E-state index contributed by atoms with van der Waals surface area (Å²) in [7, 11) is 0.